The number of likely N-dealkylation sites (N-methyl/N-ethyl adjacent to an activating group) is 1. The van der Waals surface area contributed by atoms with Crippen molar-refractivity contribution >= 4 is 0 Å². The summed E-state index contributed by atoms with van der Waals surface area (Å²) in [4.78, 5) is 2.47. The maximum atomic E-state index is 6.04. The second-order valence-corrected chi connectivity index (χ2v) is 6.41. The summed E-state index contributed by atoms with van der Waals surface area (Å²) in [5.74, 6) is 1.68. The molecule has 3 heteroatoms. The third kappa shape index (κ3) is 3.69. The lowest BCUT2D eigenvalue weighted by atomic mass is 9.78. The van der Waals surface area contributed by atoms with Crippen LogP contribution in [-0.2, 0) is 4.74 Å². The van der Waals surface area contributed by atoms with Crippen molar-refractivity contribution in [2.24, 2.45) is 17.6 Å². The van der Waals surface area contributed by atoms with Gasteiger partial charge >= 0.3 is 0 Å². The largest absolute Gasteiger partial charge is 0.377 e. The van der Waals surface area contributed by atoms with E-state index in [9.17, 15) is 0 Å². The molecule has 0 aromatic heterocycles. The molecule has 3 nitrogen and oxygen atoms in total. The molecule has 0 aromatic rings. The van der Waals surface area contributed by atoms with Gasteiger partial charge in [-0.05, 0) is 44.6 Å². The van der Waals surface area contributed by atoms with Crippen molar-refractivity contribution in [3.63, 3.8) is 0 Å². The number of hydrogen-bond acceptors (Lipinski definition) is 3. The molecule has 1 heterocycles. The lowest BCUT2D eigenvalue weighted by Gasteiger charge is -2.38. The Kier molecular flexibility index (Phi) is 5.46. The van der Waals surface area contributed by atoms with Crippen LogP contribution < -0.4 is 5.73 Å². The highest BCUT2D eigenvalue weighted by Gasteiger charge is 2.30. The first kappa shape index (κ1) is 14.3. The van der Waals surface area contributed by atoms with Gasteiger partial charge in [0.1, 0.15) is 0 Å². The molecule has 2 N–H and O–H groups in total. The van der Waals surface area contributed by atoms with E-state index < -0.39 is 0 Å². The molecular formula is C15H30N2O. The fourth-order valence-corrected chi connectivity index (χ4v) is 3.81. The standard InChI is InChI=1S/C15H30N2O/c1-12-5-3-6-13(9-12)15(10-16)17(2)11-14-7-4-8-18-14/h12-15H,3-11,16H2,1-2H3. The van der Waals surface area contributed by atoms with Crippen LogP contribution in [0.3, 0.4) is 0 Å². The van der Waals surface area contributed by atoms with E-state index >= 15 is 0 Å². The number of nitrogens with two attached hydrogens (primary N) is 1. The van der Waals surface area contributed by atoms with E-state index in [1.54, 1.807) is 0 Å². The van der Waals surface area contributed by atoms with Gasteiger partial charge in [0, 0.05) is 25.7 Å². The van der Waals surface area contributed by atoms with Crippen LogP contribution in [0.2, 0.25) is 0 Å². The molecule has 2 aliphatic rings. The van der Waals surface area contributed by atoms with E-state index in [-0.39, 0.29) is 0 Å². The number of rotatable bonds is 5. The fourth-order valence-electron chi connectivity index (χ4n) is 3.81. The van der Waals surface area contributed by atoms with E-state index in [0.717, 1.165) is 31.5 Å². The zero-order valence-corrected chi connectivity index (χ0v) is 12.1. The van der Waals surface area contributed by atoms with Gasteiger partial charge in [0.05, 0.1) is 6.10 Å². The molecule has 0 bridgehead atoms. The van der Waals surface area contributed by atoms with Crippen LogP contribution in [-0.4, -0.2) is 43.8 Å². The SMILES string of the molecule is CC1CCCC(C(CN)N(C)CC2CCCO2)C1. The maximum Gasteiger partial charge on any atom is 0.0702 e. The molecule has 2 rings (SSSR count). The summed E-state index contributed by atoms with van der Waals surface area (Å²) in [5.41, 5.74) is 6.04. The first-order valence-electron chi connectivity index (χ1n) is 7.72. The van der Waals surface area contributed by atoms with Gasteiger partial charge in [-0.1, -0.05) is 19.8 Å². The number of hydrogen-bond donors (Lipinski definition) is 1. The summed E-state index contributed by atoms with van der Waals surface area (Å²) in [6.45, 7) is 5.19. The van der Waals surface area contributed by atoms with E-state index in [0.29, 0.717) is 12.1 Å². The maximum absolute atomic E-state index is 6.04. The molecule has 4 unspecified atom stereocenters. The normalized spacial score (nSPS) is 35.0. The Labute approximate surface area is 112 Å². The first-order valence-corrected chi connectivity index (χ1v) is 7.72. The Morgan fingerprint density at radius 3 is 2.72 bits per heavy atom. The fraction of sp³-hybridized carbons (Fsp3) is 1.00. The highest BCUT2D eigenvalue weighted by molar-refractivity contribution is 4.84. The Morgan fingerprint density at radius 1 is 1.28 bits per heavy atom. The zero-order chi connectivity index (χ0) is 13.0. The van der Waals surface area contributed by atoms with Crippen molar-refractivity contribution in [2.45, 2.75) is 57.6 Å². The third-order valence-corrected chi connectivity index (χ3v) is 4.84. The lowest BCUT2D eigenvalue weighted by molar-refractivity contribution is 0.0493. The predicted octanol–water partition coefficient (Wildman–Crippen LogP) is 2.25. The van der Waals surface area contributed by atoms with Gasteiger partial charge in [-0.25, -0.2) is 0 Å². The molecule has 18 heavy (non-hydrogen) atoms. The Bertz CT molecular complexity index is 241. The first-order chi connectivity index (χ1) is 8.70. The number of ether oxygens (including phenoxy) is 1. The van der Waals surface area contributed by atoms with Crippen molar-refractivity contribution in [1.82, 2.24) is 4.90 Å². The average Bonchev–Trinajstić information content (AvgIpc) is 2.83. The molecule has 4 atom stereocenters. The van der Waals surface area contributed by atoms with E-state index in [4.69, 9.17) is 10.5 Å². The summed E-state index contributed by atoms with van der Waals surface area (Å²) in [5, 5.41) is 0. The second kappa shape index (κ2) is 6.88. The van der Waals surface area contributed by atoms with Gasteiger partial charge in [0.25, 0.3) is 0 Å². The topological polar surface area (TPSA) is 38.5 Å². The smallest absolute Gasteiger partial charge is 0.0702 e. The monoisotopic (exact) mass is 254 g/mol. The summed E-state index contributed by atoms with van der Waals surface area (Å²) in [7, 11) is 2.23. The van der Waals surface area contributed by atoms with Crippen molar-refractivity contribution in [1.29, 1.82) is 0 Å². The lowest BCUT2D eigenvalue weighted by Crippen LogP contribution is -2.47. The van der Waals surface area contributed by atoms with Crippen LogP contribution in [0.15, 0.2) is 0 Å². The average molecular weight is 254 g/mol. The highest BCUT2D eigenvalue weighted by Crippen LogP contribution is 2.32. The summed E-state index contributed by atoms with van der Waals surface area (Å²) in [6.07, 6.45) is 8.42. The summed E-state index contributed by atoms with van der Waals surface area (Å²) >= 11 is 0. The molecular weight excluding hydrogens is 224 g/mol. The van der Waals surface area contributed by atoms with Crippen molar-refractivity contribution in [2.75, 3.05) is 26.7 Å². The minimum atomic E-state index is 0.449. The van der Waals surface area contributed by atoms with Gasteiger partial charge in [-0.3, -0.25) is 4.90 Å². The van der Waals surface area contributed by atoms with Gasteiger partial charge in [-0.2, -0.15) is 0 Å². The van der Waals surface area contributed by atoms with Crippen LogP contribution in [0.25, 0.3) is 0 Å². The predicted molar refractivity (Wildman–Crippen MR) is 75.6 cm³/mol. The molecule has 106 valence electrons. The molecule has 1 aliphatic heterocycles. The van der Waals surface area contributed by atoms with E-state index in [1.807, 2.05) is 0 Å². The van der Waals surface area contributed by atoms with E-state index in [1.165, 1.54) is 38.5 Å². The molecule has 1 saturated heterocycles. The van der Waals surface area contributed by atoms with Gasteiger partial charge in [0.15, 0.2) is 0 Å². The van der Waals surface area contributed by atoms with Crippen molar-refractivity contribution < 1.29 is 4.74 Å². The minimum Gasteiger partial charge on any atom is -0.377 e. The Balaban J connectivity index is 1.85. The van der Waals surface area contributed by atoms with E-state index in [2.05, 4.69) is 18.9 Å². The third-order valence-electron chi connectivity index (χ3n) is 4.84. The van der Waals surface area contributed by atoms with Crippen LogP contribution in [0.1, 0.15) is 45.4 Å². The van der Waals surface area contributed by atoms with Crippen LogP contribution >= 0.6 is 0 Å². The van der Waals surface area contributed by atoms with Crippen LogP contribution in [0.5, 0.6) is 0 Å². The molecule has 1 saturated carbocycles. The molecule has 0 aromatic carbocycles. The van der Waals surface area contributed by atoms with Gasteiger partial charge < -0.3 is 10.5 Å². The summed E-state index contributed by atoms with van der Waals surface area (Å²) in [6, 6.07) is 0.553. The molecule has 0 amide bonds. The van der Waals surface area contributed by atoms with Crippen LogP contribution in [0, 0.1) is 11.8 Å². The van der Waals surface area contributed by atoms with Crippen LogP contribution in [0.4, 0.5) is 0 Å². The zero-order valence-electron chi connectivity index (χ0n) is 12.1. The van der Waals surface area contributed by atoms with Crippen molar-refractivity contribution in [3.05, 3.63) is 0 Å². The highest BCUT2D eigenvalue weighted by atomic mass is 16.5. The second-order valence-electron chi connectivity index (χ2n) is 6.41. The quantitative estimate of drug-likeness (QED) is 0.818. The number of nitrogens with zero attached hydrogens (tertiary/aromatic N) is 1. The molecule has 0 spiro atoms. The Morgan fingerprint density at radius 2 is 2.11 bits per heavy atom. The minimum absolute atomic E-state index is 0.449. The molecule has 0 radical (unpaired) electrons. The summed E-state index contributed by atoms with van der Waals surface area (Å²) < 4.78 is 5.74. The molecule has 2 fully saturated rings. The van der Waals surface area contributed by atoms with Gasteiger partial charge in [-0.15, -0.1) is 0 Å². The molecule has 1 aliphatic carbocycles. The Hall–Kier alpha value is -0.120. The van der Waals surface area contributed by atoms with Gasteiger partial charge in [0.2, 0.25) is 0 Å². The van der Waals surface area contributed by atoms with Crippen molar-refractivity contribution in [3.8, 4) is 0 Å².